The van der Waals surface area contributed by atoms with Crippen LogP contribution >= 0.6 is 0 Å². The van der Waals surface area contributed by atoms with Gasteiger partial charge in [0.1, 0.15) is 17.4 Å². The summed E-state index contributed by atoms with van der Waals surface area (Å²) >= 11 is 0. The van der Waals surface area contributed by atoms with Crippen LogP contribution in [0.5, 0.6) is 17.2 Å². The Balaban J connectivity index is 1.74. The molecular weight excluding hydrogens is 334 g/mol. The maximum absolute atomic E-state index is 12.4. The largest absolute Gasteiger partial charge is 0.495 e. The molecule has 7 heteroatoms. The Morgan fingerprint density at radius 3 is 2.81 bits per heavy atom. The quantitative estimate of drug-likeness (QED) is 0.635. The number of benzene rings is 2. The molecule has 2 aromatic rings. The van der Waals surface area contributed by atoms with Crippen molar-refractivity contribution in [1.29, 1.82) is 5.26 Å². The molecular formula is C19H17N3O4. The molecule has 0 aliphatic carbocycles. The van der Waals surface area contributed by atoms with Crippen LogP contribution in [0.2, 0.25) is 0 Å². The maximum atomic E-state index is 12.4. The number of hydrogen-bond donors (Lipinski definition) is 2. The number of rotatable bonds is 5. The molecule has 0 unspecified atom stereocenters. The molecule has 1 aliphatic rings. The van der Waals surface area contributed by atoms with Crippen LogP contribution in [0.1, 0.15) is 5.56 Å². The lowest BCUT2D eigenvalue weighted by molar-refractivity contribution is -0.112. The zero-order valence-corrected chi connectivity index (χ0v) is 14.3. The summed E-state index contributed by atoms with van der Waals surface area (Å²) in [6.07, 6.45) is 1.34. The van der Waals surface area contributed by atoms with E-state index < -0.39 is 5.91 Å². The topological polar surface area (TPSA) is 92.6 Å². The van der Waals surface area contributed by atoms with Crippen LogP contribution in [-0.4, -0.2) is 19.8 Å². The van der Waals surface area contributed by atoms with E-state index >= 15 is 0 Å². The maximum Gasteiger partial charge on any atom is 0.267 e. The Morgan fingerprint density at radius 2 is 2.04 bits per heavy atom. The molecule has 0 fully saturated rings. The van der Waals surface area contributed by atoms with Crippen LogP contribution < -0.4 is 24.8 Å². The normalized spacial score (nSPS) is 12.3. The highest BCUT2D eigenvalue weighted by atomic mass is 16.7. The lowest BCUT2D eigenvalue weighted by Crippen LogP contribution is -2.15. The lowest BCUT2D eigenvalue weighted by Gasteiger charge is -2.10. The fourth-order valence-electron chi connectivity index (χ4n) is 2.40. The number of anilines is 2. The first-order chi connectivity index (χ1) is 12.6. The van der Waals surface area contributed by atoms with Crippen LogP contribution in [0.15, 0.2) is 48.2 Å². The fourth-order valence-corrected chi connectivity index (χ4v) is 2.40. The molecule has 0 radical (unpaired) electrons. The molecule has 0 saturated heterocycles. The number of nitrogens with one attached hydrogen (secondary N) is 2. The smallest absolute Gasteiger partial charge is 0.267 e. The molecule has 0 aromatic heterocycles. The summed E-state index contributed by atoms with van der Waals surface area (Å²) in [4.78, 5) is 12.4. The Labute approximate surface area is 150 Å². The summed E-state index contributed by atoms with van der Waals surface area (Å²) in [5, 5.41) is 14.9. The third kappa shape index (κ3) is 3.70. The number of hydrogen-bond acceptors (Lipinski definition) is 6. The number of nitrogens with zero attached hydrogens (tertiary/aromatic N) is 1. The van der Waals surface area contributed by atoms with Crippen molar-refractivity contribution in [1.82, 2.24) is 0 Å². The van der Waals surface area contributed by atoms with Crippen molar-refractivity contribution in [2.24, 2.45) is 0 Å². The minimum Gasteiger partial charge on any atom is -0.495 e. The summed E-state index contributed by atoms with van der Waals surface area (Å²) < 4.78 is 15.8. The molecule has 1 aliphatic heterocycles. The molecule has 2 N–H and O–H groups in total. The Morgan fingerprint density at radius 1 is 1.23 bits per heavy atom. The SMILES string of the molecule is COc1ccc(C)cc1NC(=O)/C(C#N)=C\Nc1ccc2c(c1)OCO2. The minimum absolute atomic E-state index is 0.0776. The number of nitriles is 1. The van der Waals surface area contributed by atoms with Crippen LogP contribution in [0.25, 0.3) is 0 Å². The van der Waals surface area contributed by atoms with Crippen LogP contribution in [-0.2, 0) is 4.79 Å². The van der Waals surface area contributed by atoms with Crippen molar-refractivity contribution in [3.05, 3.63) is 53.7 Å². The zero-order valence-electron chi connectivity index (χ0n) is 14.3. The van der Waals surface area contributed by atoms with E-state index in [1.165, 1.54) is 13.3 Å². The number of aryl methyl sites for hydroxylation is 1. The summed E-state index contributed by atoms with van der Waals surface area (Å²) in [6, 6.07) is 12.5. The molecule has 26 heavy (non-hydrogen) atoms. The Bertz CT molecular complexity index is 915. The minimum atomic E-state index is -0.537. The van der Waals surface area contributed by atoms with E-state index in [0.29, 0.717) is 28.6 Å². The second-order valence-electron chi connectivity index (χ2n) is 5.54. The highest BCUT2D eigenvalue weighted by Gasteiger charge is 2.14. The molecule has 7 nitrogen and oxygen atoms in total. The lowest BCUT2D eigenvalue weighted by atomic mass is 10.2. The average molecular weight is 351 g/mol. The van der Waals surface area contributed by atoms with Gasteiger partial charge in [0.05, 0.1) is 12.8 Å². The van der Waals surface area contributed by atoms with E-state index in [1.807, 2.05) is 19.1 Å². The number of carbonyl (C=O) groups excluding carboxylic acids is 1. The number of fused-ring (bicyclic) bond motifs is 1. The van der Waals surface area contributed by atoms with Gasteiger partial charge in [0, 0.05) is 18.0 Å². The van der Waals surface area contributed by atoms with E-state index in [1.54, 1.807) is 30.3 Å². The van der Waals surface area contributed by atoms with Gasteiger partial charge in [-0.25, -0.2) is 0 Å². The summed E-state index contributed by atoms with van der Waals surface area (Å²) in [5.41, 5.74) is 2.05. The van der Waals surface area contributed by atoms with Crippen molar-refractivity contribution in [3.63, 3.8) is 0 Å². The predicted octanol–water partition coefficient (Wildman–Crippen LogP) is 3.19. The molecule has 1 amide bonds. The summed E-state index contributed by atoms with van der Waals surface area (Å²) in [7, 11) is 1.52. The van der Waals surface area contributed by atoms with E-state index in [2.05, 4.69) is 10.6 Å². The van der Waals surface area contributed by atoms with Crippen molar-refractivity contribution < 1.29 is 19.0 Å². The van der Waals surface area contributed by atoms with E-state index in [9.17, 15) is 10.1 Å². The van der Waals surface area contributed by atoms with Gasteiger partial charge in [-0.15, -0.1) is 0 Å². The zero-order chi connectivity index (χ0) is 18.5. The second-order valence-corrected chi connectivity index (χ2v) is 5.54. The third-order valence-corrected chi connectivity index (χ3v) is 3.72. The molecule has 132 valence electrons. The fraction of sp³-hybridized carbons (Fsp3) is 0.158. The number of amides is 1. The predicted molar refractivity (Wildman–Crippen MR) is 96.2 cm³/mol. The van der Waals surface area contributed by atoms with Crippen molar-refractivity contribution in [3.8, 4) is 23.3 Å². The summed E-state index contributed by atoms with van der Waals surface area (Å²) in [5.74, 6) is 1.25. The highest BCUT2D eigenvalue weighted by molar-refractivity contribution is 6.07. The Hall–Kier alpha value is -3.66. The van der Waals surface area contributed by atoms with Crippen LogP contribution in [0.4, 0.5) is 11.4 Å². The van der Waals surface area contributed by atoms with Gasteiger partial charge in [-0.3, -0.25) is 4.79 Å². The third-order valence-electron chi connectivity index (χ3n) is 3.72. The number of ether oxygens (including phenoxy) is 3. The van der Waals surface area contributed by atoms with Gasteiger partial charge in [0.15, 0.2) is 11.5 Å². The molecule has 0 saturated carbocycles. The average Bonchev–Trinajstić information content (AvgIpc) is 3.10. The monoisotopic (exact) mass is 351 g/mol. The van der Waals surface area contributed by atoms with Gasteiger partial charge < -0.3 is 24.8 Å². The number of methoxy groups -OCH3 is 1. The van der Waals surface area contributed by atoms with Crippen molar-refractivity contribution in [2.75, 3.05) is 24.5 Å². The van der Waals surface area contributed by atoms with Gasteiger partial charge in [-0.1, -0.05) is 6.07 Å². The summed E-state index contributed by atoms with van der Waals surface area (Å²) in [6.45, 7) is 2.08. The highest BCUT2D eigenvalue weighted by Crippen LogP contribution is 2.34. The first kappa shape index (κ1) is 17.2. The first-order valence-corrected chi connectivity index (χ1v) is 7.83. The van der Waals surface area contributed by atoms with Crippen molar-refractivity contribution >= 4 is 17.3 Å². The molecule has 2 aromatic carbocycles. The van der Waals surface area contributed by atoms with Gasteiger partial charge in [0.25, 0.3) is 5.91 Å². The molecule has 1 heterocycles. The first-order valence-electron chi connectivity index (χ1n) is 7.83. The van der Waals surface area contributed by atoms with E-state index in [4.69, 9.17) is 14.2 Å². The molecule has 0 bridgehead atoms. The van der Waals surface area contributed by atoms with Gasteiger partial charge in [0.2, 0.25) is 6.79 Å². The number of carbonyl (C=O) groups is 1. The van der Waals surface area contributed by atoms with E-state index in [0.717, 1.165) is 5.56 Å². The standard InChI is InChI=1S/C19H17N3O4/c1-12-3-5-16(24-2)15(7-12)22-19(23)13(9-20)10-21-14-4-6-17-18(8-14)26-11-25-17/h3-8,10,21H,11H2,1-2H3,(H,22,23)/b13-10-. The van der Waals surface area contributed by atoms with Gasteiger partial charge in [-0.2, -0.15) is 5.26 Å². The van der Waals surface area contributed by atoms with Gasteiger partial charge in [-0.05, 0) is 36.8 Å². The van der Waals surface area contributed by atoms with Crippen molar-refractivity contribution in [2.45, 2.75) is 6.92 Å². The van der Waals surface area contributed by atoms with E-state index in [-0.39, 0.29) is 12.4 Å². The molecule has 0 atom stereocenters. The molecule has 0 spiro atoms. The van der Waals surface area contributed by atoms with Gasteiger partial charge >= 0.3 is 0 Å². The van der Waals surface area contributed by atoms with Crippen LogP contribution in [0, 0.1) is 18.3 Å². The van der Waals surface area contributed by atoms with Crippen LogP contribution in [0.3, 0.4) is 0 Å². The Kier molecular flexibility index (Phi) is 4.94. The second kappa shape index (κ2) is 7.49. The molecule has 3 rings (SSSR count).